The van der Waals surface area contributed by atoms with Crippen LogP contribution in [-0.4, -0.2) is 29.1 Å². The van der Waals surface area contributed by atoms with Crippen LogP contribution in [0.15, 0.2) is 0 Å². The molecule has 0 unspecified atom stereocenters. The quantitative estimate of drug-likeness (QED) is 0.717. The number of nitrogens with two attached hydrogens (primary N) is 1. The summed E-state index contributed by atoms with van der Waals surface area (Å²) in [7, 11) is 0. The summed E-state index contributed by atoms with van der Waals surface area (Å²) in [5, 5.41) is 12.2. The maximum absolute atomic E-state index is 12.1. The van der Waals surface area contributed by atoms with Gasteiger partial charge in [-0.05, 0) is 25.7 Å². The van der Waals surface area contributed by atoms with E-state index in [-0.39, 0.29) is 18.0 Å². The van der Waals surface area contributed by atoms with Gasteiger partial charge in [-0.15, -0.1) is 0 Å². The Bertz CT molecular complexity index is 369. The van der Waals surface area contributed by atoms with E-state index in [0.29, 0.717) is 19.3 Å². The van der Waals surface area contributed by atoms with E-state index in [0.717, 1.165) is 38.5 Å². The maximum atomic E-state index is 12.1. The summed E-state index contributed by atoms with van der Waals surface area (Å²) in [4.78, 5) is 23.5. The summed E-state index contributed by atoms with van der Waals surface area (Å²) < 4.78 is 0. The number of carbonyl (C=O) groups excluding carboxylic acids is 1. The van der Waals surface area contributed by atoms with Crippen LogP contribution in [0.25, 0.3) is 0 Å². The van der Waals surface area contributed by atoms with Gasteiger partial charge in [0.1, 0.15) is 0 Å². The van der Waals surface area contributed by atoms with Crippen molar-refractivity contribution in [1.82, 2.24) is 5.32 Å². The molecule has 1 amide bonds. The van der Waals surface area contributed by atoms with E-state index >= 15 is 0 Å². The SMILES string of the molecule is NC1(CC(=O)NCC2(C(=O)O)CCCC2)CCCCC1. The molecule has 0 atom stereocenters. The van der Waals surface area contributed by atoms with Gasteiger partial charge in [0.25, 0.3) is 0 Å². The fourth-order valence-corrected chi connectivity index (χ4v) is 3.60. The third kappa shape index (κ3) is 3.51. The topological polar surface area (TPSA) is 92.4 Å². The van der Waals surface area contributed by atoms with Crippen LogP contribution in [0.1, 0.15) is 64.2 Å². The van der Waals surface area contributed by atoms with Crippen molar-refractivity contribution in [2.24, 2.45) is 11.1 Å². The van der Waals surface area contributed by atoms with Gasteiger partial charge in [0, 0.05) is 18.5 Å². The first-order chi connectivity index (χ1) is 9.46. The Balaban J connectivity index is 1.83. The fraction of sp³-hybridized carbons (Fsp3) is 0.867. The van der Waals surface area contributed by atoms with Crippen molar-refractivity contribution < 1.29 is 14.7 Å². The number of amides is 1. The second-order valence-electron chi connectivity index (χ2n) is 6.67. The van der Waals surface area contributed by atoms with Crippen molar-refractivity contribution in [2.45, 2.75) is 69.7 Å². The predicted molar refractivity (Wildman–Crippen MR) is 76.2 cm³/mol. The molecule has 2 saturated carbocycles. The van der Waals surface area contributed by atoms with Gasteiger partial charge in [-0.25, -0.2) is 0 Å². The van der Waals surface area contributed by atoms with Crippen LogP contribution in [0.3, 0.4) is 0 Å². The highest BCUT2D eigenvalue weighted by molar-refractivity contribution is 5.80. The molecule has 2 rings (SSSR count). The predicted octanol–water partition coefficient (Wildman–Crippen LogP) is 1.80. The number of hydrogen-bond donors (Lipinski definition) is 3. The number of hydrogen-bond acceptors (Lipinski definition) is 3. The molecule has 5 heteroatoms. The van der Waals surface area contributed by atoms with Gasteiger partial charge in [0.15, 0.2) is 0 Å². The van der Waals surface area contributed by atoms with Crippen LogP contribution in [0.2, 0.25) is 0 Å². The van der Waals surface area contributed by atoms with Gasteiger partial charge >= 0.3 is 5.97 Å². The Morgan fingerprint density at radius 2 is 1.55 bits per heavy atom. The van der Waals surface area contributed by atoms with Crippen molar-refractivity contribution in [3.05, 3.63) is 0 Å². The molecule has 114 valence electrons. The molecule has 5 nitrogen and oxygen atoms in total. The number of nitrogens with one attached hydrogen (secondary N) is 1. The number of carboxylic acids is 1. The molecule has 2 aliphatic carbocycles. The third-order valence-corrected chi connectivity index (χ3v) is 5.00. The summed E-state index contributed by atoms with van der Waals surface area (Å²) >= 11 is 0. The number of aliphatic carboxylic acids is 1. The van der Waals surface area contributed by atoms with Crippen LogP contribution in [0.5, 0.6) is 0 Å². The molecule has 0 saturated heterocycles. The molecule has 0 aromatic carbocycles. The smallest absolute Gasteiger partial charge is 0.311 e. The minimum Gasteiger partial charge on any atom is -0.481 e. The lowest BCUT2D eigenvalue weighted by Crippen LogP contribution is -2.48. The standard InChI is InChI=1S/C15H26N2O3/c16-15(8-2-1-3-9-15)10-12(18)17-11-14(13(19)20)6-4-5-7-14/h1-11,16H2,(H,17,18)(H,19,20). The first kappa shape index (κ1) is 15.3. The Labute approximate surface area is 120 Å². The average molecular weight is 282 g/mol. The summed E-state index contributed by atoms with van der Waals surface area (Å²) in [6.07, 6.45) is 8.67. The highest BCUT2D eigenvalue weighted by Crippen LogP contribution is 2.38. The van der Waals surface area contributed by atoms with Crippen molar-refractivity contribution in [1.29, 1.82) is 0 Å². The van der Waals surface area contributed by atoms with E-state index in [9.17, 15) is 14.7 Å². The Kier molecular flexibility index (Phi) is 4.68. The molecule has 0 heterocycles. The zero-order valence-corrected chi connectivity index (χ0v) is 12.1. The molecule has 0 spiro atoms. The van der Waals surface area contributed by atoms with Crippen LogP contribution >= 0.6 is 0 Å². The second kappa shape index (κ2) is 6.12. The van der Waals surface area contributed by atoms with Crippen molar-refractivity contribution in [2.75, 3.05) is 6.54 Å². The molecule has 2 fully saturated rings. The lowest BCUT2D eigenvalue weighted by Gasteiger charge is -2.33. The molecule has 2 aliphatic rings. The molecule has 0 bridgehead atoms. The molecular weight excluding hydrogens is 256 g/mol. The van der Waals surface area contributed by atoms with Crippen LogP contribution in [-0.2, 0) is 9.59 Å². The molecular formula is C15H26N2O3. The number of carboxylic acid groups (broad SMARTS) is 1. The molecule has 0 aromatic heterocycles. The van der Waals surface area contributed by atoms with E-state index < -0.39 is 11.4 Å². The minimum absolute atomic E-state index is 0.0954. The first-order valence-electron chi connectivity index (χ1n) is 7.75. The van der Waals surface area contributed by atoms with Gasteiger partial charge < -0.3 is 16.2 Å². The summed E-state index contributed by atoms with van der Waals surface area (Å²) in [5.41, 5.74) is 5.13. The zero-order chi connectivity index (χ0) is 14.6. The Morgan fingerprint density at radius 3 is 2.10 bits per heavy atom. The highest BCUT2D eigenvalue weighted by Gasteiger charge is 2.41. The molecule has 20 heavy (non-hydrogen) atoms. The third-order valence-electron chi connectivity index (χ3n) is 5.00. The lowest BCUT2D eigenvalue weighted by molar-refractivity contribution is -0.148. The summed E-state index contributed by atoms with van der Waals surface area (Å²) in [6, 6.07) is 0. The van der Waals surface area contributed by atoms with Crippen molar-refractivity contribution in [3.8, 4) is 0 Å². The molecule has 0 aromatic rings. The van der Waals surface area contributed by atoms with Crippen molar-refractivity contribution >= 4 is 11.9 Å². The number of carbonyl (C=O) groups is 2. The monoisotopic (exact) mass is 282 g/mol. The van der Waals surface area contributed by atoms with E-state index in [1.54, 1.807) is 0 Å². The average Bonchev–Trinajstić information content (AvgIpc) is 2.87. The maximum Gasteiger partial charge on any atom is 0.311 e. The van der Waals surface area contributed by atoms with Crippen LogP contribution in [0.4, 0.5) is 0 Å². The first-order valence-corrected chi connectivity index (χ1v) is 7.75. The Morgan fingerprint density at radius 1 is 1.00 bits per heavy atom. The summed E-state index contributed by atoms with van der Waals surface area (Å²) in [5.74, 6) is -0.877. The van der Waals surface area contributed by atoms with Gasteiger partial charge in [-0.2, -0.15) is 0 Å². The van der Waals surface area contributed by atoms with Crippen LogP contribution in [0, 0.1) is 5.41 Å². The normalized spacial score (nSPS) is 24.2. The van der Waals surface area contributed by atoms with E-state index in [1.165, 1.54) is 6.42 Å². The van der Waals surface area contributed by atoms with Gasteiger partial charge in [0.2, 0.25) is 5.91 Å². The molecule has 0 aliphatic heterocycles. The van der Waals surface area contributed by atoms with Gasteiger partial charge in [-0.1, -0.05) is 32.1 Å². The van der Waals surface area contributed by atoms with E-state index in [4.69, 9.17) is 5.73 Å². The molecule has 0 radical (unpaired) electrons. The largest absolute Gasteiger partial charge is 0.481 e. The second-order valence-corrected chi connectivity index (χ2v) is 6.67. The van der Waals surface area contributed by atoms with E-state index in [2.05, 4.69) is 5.32 Å². The molecule has 4 N–H and O–H groups in total. The van der Waals surface area contributed by atoms with Crippen molar-refractivity contribution in [3.63, 3.8) is 0 Å². The fourth-order valence-electron chi connectivity index (χ4n) is 3.60. The highest BCUT2D eigenvalue weighted by atomic mass is 16.4. The van der Waals surface area contributed by atoms with Gasteiger partial charge in [0.05, 0.1) is 5.41 Å². The summed E-state index contributed by atoms with van der Waals surface area (Å²) in [6.45, 7) is 0.247. The van der Waals surface area contributed by atoms with Crippen LogP contribution < -0.4 is 11.1 Å². The van der Waals surface area contributed by atoms with Gasteiger partial charge in [-0.3, -0.25) is 9.59 Å². The van der Waals surface area contributed by atoms with E-state index in [1.807, 2.05) is 0 Å². The minimum atomic E-state index is -0.782. The lowest BCUT2D eigenvalue weighted by atomic mass is 9.80. The Hall–Kier alpha value is -1.10. The number of rotatable bonds is 5. The zero-order valence-electron chi connectivity index (χ0n) is 12.1.